The normalized spacial score (nSPS) is 19.4. The molecule has 1 aromatic rings. The van der Waals surface area contributed by atoms with Crippen molar-refractivity contribution in [1.29, 1.82) is 0 Å². The van der Waals surface area contributed by atoms with Crippen molar-refractivity contribution < 1.29 is 14.0 Å². The van der Waals surface area contributed by atoms with Gasteiger partial charge in [-0.05, 0) is 12.5 Å². The van der Waals surface area contributed by atoms with E-state index in [9.17, 15) is 14.0 Å². The van der Waals surface area contributed by atoms with Gasteiger partial charge in [0.2, 0.25) is 5.91 Å². The minimum absolute atomic E-state index is 0.0227. The molecule has 0 bridgehead atoms. The second-order valence-electron chi connectivity index (χ2n) is 4.58. The molecule has 0 aliphatic carbocycles. The number of carbonyl (C=O) groups is 2. The highest BCUT2D eigenvalue weighted by molar-refractivity contribution is 6.33. The Balaban J connectivity index is 2.29. The zero-order chi connectivity index (χ0) is 15.0. The van der Waals surface area contributed by atoms with E-state index in [1.165, 1.54) is 13.1 Å². The molecule has 1 atom stereocenters. The van der Waals surface area contributed by atoms with Crippen LogP contribution in [0.1, 0.15) is 12.8 Å². The van der Waals surface area contributed by atoms with Gasteiger partial charge in [0.05, 0.1) is 17.1 Å². The number of carbonyl (C=O) groups excluding carboxylic acids is 2. The first kappa shape index (κ1) is 14.4. The Morgan fingerprint density at radius 3 is 2.70 bits per heavy atom. The first-order valence-electron chi connectivity index (χ1n) is 5.92. The van der Waals surface area contributed by atoms with Gasteiger partial charge in [-0.3, -0.25) is 14.5 Å². The van der Waals surface area contributed by atoms with E-state index in [1.807, 2.05) is 0 Å². The van der Waals surface area contributed by atoms with Crippen LogP contribution in [-0.2, 0) is 9.59 Å². The van der Waals surface area contributed by atoms with E-state index in [-0.39, 0.29) is 40.8 Å². The van der Waals surface area contributed by atoms with Gasteiger partial charge in [-0.25, -0.2) is 4.39 Å². The lowest BCUT2D eigenvalue weighted by Gasteiger charge is -2.29. The Kier molecular flexibility index (Phi) is 3.71. The molecule has 1 heterocycles. The van der Waals surface area contributed by atoms with Crippen molar-refractivity contribution in [2.24, 2.45) is 0 Å². The van der Waals surface area contributed by atoms with Gasteiger partial charge >= 0.3 is 0 Å². The van der Waals surface area contributed by atoms with Crippen LogP contribution in [0.3, 0.4) is 0 Å². The standard InChI is InChI=1S/C12H14ClFN4O2/c1-18-8(19)3-2-7(12(18)20)17-11-6(16)4-5(15)9(13)10(11)14/h4,7,17H,2-3,15-16H2,1H3. The fraction of sp³-hybridized carbons (Fsp3) is 0.333. The molecule has 1 aromatic carbocycles. The van der Waals surface area contributed by atoms with Gasteiger partial charge < -0.3 is 16.8 Å². The zero-order valence-electron chi connectivity index (χ0n) is 10.7. The number of likely N-dealkylation sites (N-methyl/N-ethyl adjacent to an activating group) is 1. The summed E-state index contributed by atoms with van der Waals surface area (Å²) in [6, 6.07) is 0.588. The average Bonchev–Trinajstić information content (AvgIpc) is 2.41. The van der Waals surface area contributed by atoms with Crippen LogP contribution in [0.15, 0.2) is 6.07 Å². The largest absolute Gasteiger partial charge is 0.397 e. The molecule has 0 saturated carbocycles. The number of halogens is 2. The van der Waals surface area contributed by atoms with Crippen molar-refractivity contribution in [2.75, 3.05) is 23.8 Å². The third-order valence-corrected chi connectivity index (χ3v) is 3.62. The monoisotopic (exact) mass is 300 g/mol. The first-order chi connectivity index (χ1) is 9.32. The summed E-state index contributed by atoms with van der Waals surface area (Å²) in [6.45, 7) is 0. The molecule has 0 spiro atoms. The Bertz CT molecular complexity index is 593. The van der Waals surface area contributed by atoms with E-state index in [2.05, 4.69) is 5.32 Å². The Morgan fingerprint density at radius 2 is 2.05 bits per heavy atom. The summed E-state index contributed by atoms with van der Waals surface area (Å²) in [5.41, 5.74) is 11.2. The number of rotatable bonds is 2. The fourth-order valence-electron chi connectivity index (χ4n) is 2.04. The molecule has 0 radical (unpaired) electrons. The molecule has 6 nitrogen and oxygen atoms in total. The molecule has 1 aliphatic heterocycles. The molecule has 108 valence electrons. The fourth-order valence-corrected chi connectivity index (χ4v) is 2.19. The number of nitrogens with two attached hydrogens (primary N) is 2. The molecule has 8 heteroatoms. The quantitative estimate of drug-likeness (QED) is 0.563. The summed E-state index contributed by atoms with van der Waals surface area (Å²) in [5.74, 6) is -1.51. The summed E-state index contributed by atoms with van der Waals surface area (Å²) in [4.78, 5) is 24.3. The predicted octanol–water partition coefficient (Wildman–Crippen LogP) is 1.20. The highest BCUT2D eigenvalue weighted by Crippen LogP contribution is 2.34. The number of nitrogens with one attached hydrogen (secondary N) is 1. The van der Waals surface area contributed by atoms with Crippen LogP contribution in [0, 0.1) is 5.82 Å². The molecule has 2 rings (SSSR count). The maximum Gasteiger partial charge on any atom is 0.251 e. The van der Waals surface area contributed by atoms with Crippen LogP contribution >= 0.6 is 11.6 Å². The molecule has 0 aromatic heterocycles. The lowest BCUT2D eigenvalue weighted by atomic mass is 10.0. The molecule has 2 amide bonds. The lowest BCUT2D eigenvalue weighted by molar-refractivity contribution is -0.146. The SMILES string of the molecule is CN1C(=O)CCC(Nc2c(N)cc(N)c(Cl)c2F)C1=O. The molecule has 1 unspecified atom stereocenters. The number of benzene rings is 1. The third-order valence-electron chi connectivity index (χ3n) is 3.23. The minimum Gasteiger partial charge on any atom is -0.397 e. The van der Waals surface area contributed by atoms with Crippen LogP contribution in [0.4, 0.5) is 21.5 Å². The van der Waals surface area contributed by atoms with Gasteiger partial charge in [0.1, 0.15) is 11.1 Å². The Labute approximate surface area is 119 Å². The number of imide groups is 1. The van der Waals surface area contributed by atoms with Crippen molar-refractivity contribution >= 4 is 40.5 Å². The van der Waals surface area contributed by atoms with Crippen LogP contribution in [-0.4, -0.2) is 29.8 Å². The second-order valence-corrected chi connectivity index (χ2v) is 4.96. The molecule has 20 heavy (non-hydrogen) atoms. The maximum absolute atomic E-state index is 14.0. The van der Waals surface area contributed by atoms with Crippen LogP contribution in [0.25, 0.3) is 0 Å². The number of likely N-dealkylation sites (tertiary alicyclic amines) is 1. The molecule has 1 aliphatic rings. The molecule has 1 saturated heterocycles. The van der Waals surface area contributed by atoms with Crippen molar-refractivity contribution in [3.63, 3.8) is 0 Å². The third kappa shape index (κ3) is 2.36. The van der Waals surface area contributed by atoms with Crippen molar-refractivity contribution in [3.8, 4) is 0 Å². The lowest BCUT2D eigenvalue weighted by Crippen LogP contribution is -2.48. The number of nitrogen functional groups attached to an aromatic ring is 2. The van der Waals surface area contributed by atoms with E-state index >= 15 is 0 Å². The second kappa shape index (κ2) is 5.16. The van der Waals surface area contributed by atoms with Crippen LogP contribution < -0.4 is 16.8 Å². The van der Waals surface area contributed by atoms with Crippen molar-refractivity contribution in [3.05, 3.63) is 16.9 Å². The van der Waals surface area contributed by atoms with E-state index < -0.39 is 17.8 Å². The zero-order valence-corrected chi connectivity index (χ0v) is 11.5. The van der Waals surface area contributed by atoms with Crippen LogP contribution in [0.5, 0.6) is 0 Å². The van der Waals surface area contributed by atoms with Gasteiger partial charge in [0, 0.05) is 13.5 Å². The smallest absolute Gasteiger partial charge is 0.251 e. The summed E-state index contributed by atoms with van der Waals surface area (Å²) in [6.07, 6.45) is 0.465. The Morgan fingerprint density at radius 1 is 1.40 bits per heavy atom. The molecular formula is C12H14ClFN4O2. The van der Waals surface area contributed by atoms with Crippen LogP contribution in [0.2, 0.25) is 5.02 Å². The van der Waals surface area contributed by atoms with Gasteiger partial charge in [0.15, 0.2) is 5.82 Å². The maximum atomic E-state index is 14.0. The van der Waals surface area contributed by atoms with Gasteiger partial charge in [-0.1, -0.05) is 11.6 Å². The number of piperidine rings is 1. The first-order valence-corrected chi connectivity index (χ1v) is 6.30. The highest BCUT2D eigenvalue weighted by atomic mass is 35.5. The van der Waals surface area contributed by atoms with Crippen molar-refractivity contribution in [2.45, 2.75) is 18.9 Å². The average molecular weight is 301 g/mol. The van der Waals surface area contributed by atoms with Gasteiger partial charge in [0.25, 0.3) is 5.91 Å². The topological polar surface area (TPSA) is 101 Å². The van der Waals surface area contributed by atoms with E-state index in [1.54, 1.807) is 0 Å². The number of anilines is 3. The summed E-state index contributed by atoms with van der Waals surface area (Å²) in [7, 11) is 1.38. The van der Waals surface area contributed by atoms with Crippen molar-refractivity contribution in [1.82, 2.24) is 4.90 Å². The molecule has 1 fully saturated rings. The van der Waals surface area contributed by atoms with E-state index in [0.717, 1.165) is 4.90 Å². The Hall–Kier alpha value is -2.02. The number of nitrogens with zero attached hydrogens (tertiary/aromatic N) is 1. The minimum atomic E-state index is -0.809. The molecular weight excluding hydrogens is 287 g/mol. The van der Waals surface area contributed by atoms with Gasteiger partial charge in [-0.15, -0.1) is 0 Å². The summed E-state index contributed by atoms with van der Waals surface area (Å²) >= 11 is 5.72. The summed E-state index contributed by atoms with van der Waals surface area (Å²) in [5, 5.41) is 2.45. The van der Waals surface area contributed by atoms with E-state index in [0.29, 0.717) is 0 Å². The number of hydrogen-bond acceptors (Lipinski definition) is 5. The molecule has 5 N–H and O–H groups in total. The predicted molar refractivity (Wildman–Crippen MR) is 74.7 cm³/mol. The number of amides is 2. The number of hydrogen-bond donors (Lipinski definition) is 3. The highest BCUT2D eigenvalue weighted by Gasteiger charge is 2.32. The van der Waals surface area contributed by atoms with Gasteiger partial charge in [-0.2, -0.15) is 0 Å². The van der Waals surface area contributed by atoms with E-state index in [4.69, 9.17) is 23.1 Å². The summed E-state index contributed by atoms with van der Waals surface area (Å²) < 4.78 is 14.0.